The molecule has 4 nitrogen and oxygen atoms in total. The minimum Gasteiger partial charge on any atom is -0.497 e. The Kier molecular flexibility index (Phi) is 4.41. The second-order valence-corrected chi connectivity index (χ2v) is 6.88. The highest BCUT2D eigenvalue weighted by molar-refractivity contribution is 6.08. The smallest absolute Gasteiger partial charge is 0.290 e. The van der Waals surface area contributed by atoms with Gasteiger partial charge in [0.1, 0.15) is 11.3 Å². The molecule has 134 valence electrons. The molecule has 1 fully saturated rings. The molecule has 1 aliphatic rings. The molecule has 1 saturated heterocycles. The summed E-state index contributed by atoms with van der Waals surface area (Å²) < 4.78 is 11.4. The monoisotopic (exact) mass is 349 g/mol. The molecule has 1 aromatic heterocycles. The molecule has 1 amide bonds. The predicted octanol–water partition coefficient (Wildman–Crippen LogP) is 5.12. The summed E-state index contributed by atoms with van der Waals surface area (Å²) in [5.74, 6) is 1.12. The number of nitrogens with zero attached hydrogens (tertiary/aromatic N) is 1. The van der Waals surface area contributed by atoms with E-state index in [1.54, 1.807) is 7.11 Å². The van der Waals surface area contributed by atoms with E-state index in [-0.39, 0.29) is 11.9 Å². The third-order valence-electron chi connectivity index (χ3n) is 5.22. The van der Waals surface area contributed by atoms with Crippen LogP contribution in [-0.2, 0) is 0 Å². The lowest BCUT2D eigenvalue weighted by Gasteiger charge is -2.32. The average molecular weight is 349 g/mol. The molecule has 4 rings (SSSR count). The van der Waals surface area contributed by atoms with E-state index in [0.717, 1.165) is 41.6 Å². The second-order valence-electron chi connectivity index (χ2n) is 6.88. The molecule has 2 aromatic carbocycles. The molecule has 0 saturated carbocycles. The molecule has 0 N–H and O–H groups in total. The van der Waals surface area contributed by atoms with Crippen LogP contribution >= 0.6 is 0 Å². The summed E-state index contributed by atoms with van der Waals surface area (Å²) in [5.41, 5.74) is 2.53. The number of rotatable bonds is 3. The highest BCUT2D eigenvalue weighted by Crippen LogP contribution is 2.37. The van der Waals surface area contributed by atoms with Gasteiger partial charge in [0.25, 0.3) is 5.91 Å². The van der Waals surface area contributed by atoms with E-state index in [1.165, 1.54) is 6.42 Å². The zero-order chi connectivity index (χ0) is 18.1. The number of fused-ring (bicyclic) bond motifs is 1. The van der Waals surface area contributed by atoms with Crippen molar-refractivity contribution in [3.05, 3.63) is 54.3 Å². The molecule has 0 unspecified atom stereocenters. The fraction of sp³-hybridized carbons (Fsp3) is 0.318. The SMILES string of the molecule is COc1ccc2c(-c3ccccc3)c(C(=O)N3CCCC[C@@H]3C)oc2c1. The average Bonchev–Trinajstić information content (AvgIpc) is 3.07. The summed E-state index contributed by atoms with van der Waals surface area (Å²) in [7, 11) is 1.63. The van der Waals surface area contributed by atoms with Gasteiger partial charge in [-0.2, -0.15) is 0 Å². The van der Waals surface area contributed by atoms with Crippen LogP contribution in [0, 0.1) is 0 Å². The number of piperidine rings is 1. The lowest BCUT2D eigenvalue weighted by molar-refractivity contribution is 0.0606. The third kappa shape index (κ3) is 2.85. The lowest BCUT2D eigenvalue weighted by Crippen LogP contribution is -2.42. The Hall–Kier alpha value is -2.75. The number of hydrogen-bond donors (Lipinski definition) is 0. The first-order valence-electron chi connectivity index (χ1n) is 9.16. The Bertz CT molecular complexity index is 929. The maximum Gasteiger partial charge on any atom is 0.290 e. The standard InChI is InChI=1S/C22H23NO3/c1-15-8-6-7-13-23(15)22(24)21-20(16-9-4-3-5-10-16)18-12-11-17(25-2)14-19(18)26-21/h3-5,9-12,14-15H,6-8,13H2,1-2H3/t15-/m0/s1. The van der Waals surface area contributed by atoms with Crippen LogP contribution in [0.4, 0.5) is 0 Å². The van der Waals surface area contributed by atoms with Crippen LogP contribution in [0.3, 0.4) is 0 Å². The molecule has 1 atom stereocenters. The van der Waals surface area contributed by atoms with Crippen LogP contribution < -0.4 is 4.74 Å². The van der Waals surface area contributed by atoms with E-state index in [2.05, 4.69) is 6.92 Å². The lowest BCUT2D eigenvalue weighted by atomic mass is 9.99. The van der Waals surface area contributed by atoms with Crippen molar-refractivity contribution in [2.75, 3.05) is 13.7 Å². The number of carbonyl (C=O) groups excluding carboxylic acids is 1. The number of hydrogen-bond acceptors (Lipinski definition) is 3. The predicted molar refractivity (Wildman–Crippen MR) is 103 cm³/mol. The van der Waals surface area contributed by atoms with Crippen molar-refractivity contribution in [2.24, 2.45) is 0 Å². The van der Waals surface area contributed by atoms with E-state index < -0.39 is 0 Å². The number of ether oxygens (including phenoxy) is 1. The Balaban J connectivity index is 1.88. The fourth-order valence-electron chi connectivity index (χ4n) is 3.78. The molecular formula is C22H23NO3. The van der Waals surface area contributed by atoms with E-state index in [4.69, 9.17) is 9.15 Å². The van der Waals surface area contributed by atoms with Crippen molar-refractivity contribution < 1.29 is 13.9 Å². The highest BCUT2D eigenvalue weighted by Gasteiger charge is 2.30. The first-order chi connectivity index (χ1) is 12.7. The molecule has 0 aliphatic carbocycles. The Morgan fingerprint density at radius 1 is 1.15 bits per heavy atom. The number of carbonyl (C=O) groups is 1. The van der Waals surface area contributed by atoms with Crippen LogP contribution in [0.25, 0.3) is 22.1 Å². The van der Waals surface area contributed by atoms with Gasteiger partial charge in [0, 0.05) is 29.6 Å². The molecular weight excluding hydrogens is 326 g/mol. The number of methoxy groups -OCH3 is 1. The van der Waals surface area contributed by atoms with Crippen molar-refractivity contribution in [1.29, 1.82) is 0 Å². The van der Waals surface area contributed by atoms with Crippen molar-refractivity contribution >= 4 is 16.9 Å². The Morgan fingerprint density at radius 3 is 2.69 bits per heavy atom. The van der Waals surface area contributed by atoms with Crippen molar-refractivity contribution in [1.82, 2.24) is 4.90 Å². The summed E-state index contributed by atoms with van der Waals surface area (Å²) in [4.78, 5) is 15.3. The van der Waals surface area contributed by atoms with Crippen LogP contribution in [0.5, 0.6) is 5.75 Å². The zero-order valence-corrected chi connectivity index (χ0v) is 15.2. The van der Waals surface area contributed by atoms with Gasteiger partial charge < -0.3 is 14.1 Å². The van der Waals surface area contributed by atoms with Crippen LogP contribution in [0.2, 0.25) is 0 Å². The van der Waals surface area contributed by atoms with Crippen molar-refractivity contribution in [3.63, 3.8) is 0 Å². The van der Waals surface area contributed by atoms with E-state index in [0.29, 0.717) is 11.3 Å². The van der Waals surface area contributed by atoms with E-state index in [9.17, 15) is 4.79 Å². The first kappa shape index (κ1) is 16.7. The molecule has 26 heavy (non-hydrogen) atoms. The van der Waals surface area contributed by atoms with Gasteiger partial charge in [-0.05, 0) is 43.9 Å². The van der Waals surface area contributed by atoms with E-state index in [1.807, 2.05) is 53.4 Å². The van der Waals surface area contributed by atoms with Gasteiger partial charge in [0.05, 0.1) is 7.11 Å². The summed E-state index contributed by atoms with van der Waals surface area (Å²) in [6.07, 6.45) is 3.26. The number of benzene rings is 2. The van der Waals surface area contributed by atoms with Crippen LogP contribution in [0.15, 0.2) is 52.9 Å². The summed E-state index contributed by atoms with van der Waals surface area (Å²) in [5, 5.41) is 0.935. The second kappa shape index (κ2) is 6.87. The summed E-state index contributed by atoms with van der Waals surface area (Å²) >= 11 is 0. The quantitative estimate of drug-likeness (QED) is 0.659. The van der Waals surface area contributed by atoms with Gasteiger partial charge >= 0.3 is 0 Å². The number of likely N-dealkylation sites (tertiary alicyclic amines) is 1. The molecule has 1 aliphatic heterocycles. The molecule has 3 aromatic rings. The normalized spacial score (nSPS) is 17.5. The van der Waals surface area contributed by atoms with Gasteiger partial charge in [0.2, 0.25) is 5.76 Å². The third-order valence-corrected chi connectivity index (χ3v) is 5.22. The van der Waals surface area contributed by atoms with Gasteiger partial charge in [-0.15, -0.1) is 0 Å². The van der Waals surface area contributed by atoms with Gasteiger partial charge in [-0.3, -0.25) is 4.79 Å². The Morgan fingerprint density at radius 2 is 1.96 bits per heavy atom. The van der Waals surface area contributed by atoms with Crippen molar-refractivity contribution in [2.45, 2.75) is 32.2 Å². The molecule has 4 heteroatoms. The maximum absolute atomic E-state index is 13.3. The largest absolute Gasteiger partial charge is 0.497 e. The van der Waals surface area contributed by atoms with Gasteiger partial charge in [0.15, 0.2) is 0 Å². The molecule has 0 spiro atoms. The van der Waals surface area contributed by atoms with Crippen LogP contribution in [-0.4, -0.2) is 30.5 Å². The molecule has 0 bridgehead atoms. The first-order valence-corrected chi connectivity index (χ1v) is 9.16. The maximum atomic E-state index is 13.3. The van der Waals surface area contributed by atoms with Gasteiger partial charge in [-0.1, -0.05) is 30.3 Å². The van der Waals surface area contributed by atoms with Gasteiger partial charge in [-0.25, -0.2) is 0 Å². The number of furan rings is 1. The minimum atomic E-state index is -0.0220. The van der Waals surface area contributed by atoms with Crippen LogP contribution in [0.1, 0.15) is 36.7 Å². The minimum absolute atomic E-state index is 0.0220. The Labute approximate surface area is 153 Å². The summed E-state index contributed by atoms with van der Waals surface area (Å²) in [6.45, 7) is 2.90. The highest BCUT2D eigenvalue weighted by atomic mass is 16.5. The number of amides is 1. The zero-order valence-electron chi connectivity index (χ0n) is 15.2. The summed E-state index contributed by atoms with van der Waals surface area (Å²) in [6, 6.07) is 15.9. The molecule has 0 radical (unpaired) electrons. The van der Waals surface area contributed by atoms with Crippen molar-refractivity contribution in [3.8, 4) is 16.9 Å². The van der Waals surface area contributed by atoms with E-state index >= 15 is 0 Å². The fourth-order valence-corrected chi connectivity index (χ4v) is 3.78. The topological polar surface area (TPSA) is 42.7 Å². The molecule has 2 heterocycles.